The van der Waals surface area contributed by atoms with Gasteiger partial charge in [-0.15, -0.1) is 0 Å². The Kier molecular flexibility index (Phi) is 6.62. The van der Waals surface area contributed by atoms with Crippen LogP contribution in [0.5, 0.6) is 0 Å². The molecule has 180 valence electrons. The van der Waals surface area contributed by atoms with Crippen LogP contribution in [-0.2, 0) is 16.4 Å². The second kappa shape index (κ2) is 10.2. The molecule has 0 unspecified atom stereocenters. The number of fused-ring (bicyclic) bond motifs is 1. The molecule has 2 aromatic heterocycles. The highest BCUT2D eigenvalue weighted by atomic mass is 32.2. The van der Waals surface area contributed by atoms with E-state index < -0.39 is 10.0 Å². The standard InChI is InChI=1S/C28H24N4O3S/c33-28(23-16-18-32-20-26(31-27(32)19-23)22-9-5-2-6-10-22)30-24-11-13-25(14-12-24)36(34,35)29-17-15-21-7-3-1-4-8-21/h1-14,16,18-20,29H,15,17H2,(H,30,33). The number of rotatable bonds is 8. The molecule has 0 saturated heterocycles. The highest BCUT2D eigenvalue weighted by molar-refractivity contribution is 7.89. The molecule has 8 heteroatoms. The largest absolute Gasteiger partial charge is 0.322 e. The van der Waals surface area contributed by atoms with E-state index in [1.54, 1.807) is 30.5 Å². The summed E-state index contributed by atoms with van der Waals surface area (Å²) in [4.78, 5) is 17.6. The van der Waals surface area contributed by atoms with Gasteiger partial charge in [-0.25, -0.2) is 18.1 Å². The Labute approximate surface area is 209 Å². The van der Waals surface area contributed by atoms with Gasteiger partial charge in [0.1, 0.15) is 5.65 Å². The summed E-state index contributed by atoms with van der Waals surface area (Å²) in [5.74, 6) is -0.307. The van der Waals surface area contributed by atoms with Crippen LogP contribution < -0.4 is 10.0 Å². The predicted molar refractivity (Wildman–Crippen MR) is 140 cm³/mol. The smallest absolute Gasteiger partial charge is 0.255 e. The van der Waals surface area contributed by atoms with Gasteiger partial charge >= 0.3 is 0 Å². The maximum Gasteiger partial charge on any atom is 0.255 e. The third-order valence-corrected chi connectivity index (χ3v) is 7.24. The Morgan fingerprint density at radius 3 is 2.28 bits per heavy atom. The number of nitrogens with one attached hydrogen (secondary N) is 2. The molecule has 0 bridgehead atoms. The molecule has 5 rings (SSSR count). The molecule has 3 aromatic carbocycles. The number of hydrogen-bond donors (Lipinski definition) is 2. The van der Waals surface area contributed by atoms with Crippen LogP contribution in [0.15, 0.2) is 114 Å². The van der Waals surface area contributed by atoms with Crippen molar-refractivity contribution < 1.29 is 13.2 Å². The topological polar surface area (TPSA) is 92.6 Å². The SMILES string of the molecule is O=C(Nc1ccc(S(=O)(=O)NCCc2ccccc2)cc1)c1ccn2cc(-c3ccccc3)nc2c1. The fourth-order valence-corrected chi connectivity index (χ4v) is 4.88. The Morgan fingerprint density at radius 1 is 0.861 bits per heavy atom. The van der Waals surface area contributed by atoms with Crippen LogP contribution in [0.4, 0.5) is 5.69 Å². The number of pyridine rings is 1. The lowest BCUT2D eigenvalue weighted by Crippen LogP contribution is -2.26. The Balaban J connectivity index is 1.23. The van der Waals surface area contributed by atoms with E-state index in [9.17, 15) is 13.2 Å². The minimum absolute atomic E-state index is 0.140. The number of carbonyl (C=O) groups excluding carboxylic acids is 1. The summed E-state index contributed by atoms with van der Waals surface area (Å²) >= 11 is 0. The lowest BCUT2D eigenvalue weighted by Gasteiger charge is -2.09. The molecule has 0 aliphatic heterocycles. The van der Waals surface area contributed by atoms with Gasteiger partial charge in [0.25, 0.3) is 5.91 Å². The summed E-state index contributed by atoms with van der Waals surface area (Å²) in [5.41, 5.74) is 4.48. The lowest BCUT2D eigenvalue weighted by atomic mass is 10.2. The molecule has 0 spiro atoms. The van der Waals surface area contributed by atoms with Gasteiger partial charge in [-0.3, -0.25) is 4.79 Å². The molecule has 0 radical (unpaired) electrons. The molecule has 2 heterocycles. The average Bonchev–Trinajstić information content (AvgIpc) is 3.34. The number of aromatic nitrogens is 2. The minimum Gasteiger partial charge on any atom is -0.322 e. The fraction of sp³-hybridized carbons (Fsp3) is 0.0714. The van der Waals surface area contributed by atoms with E-state index in [0.717, 1.165) is 16.8 Å². The summed E-state index contributed by atoms with van der Waals surface area (Å²) in [7, 11) is -3.65. The lowest BCUT2D eigenvalue weighted by molar-refractivity contribution is 0.102. The first kappa shape index (κ1) is 23.5. The van der Waals surface area contributed by atoms with Crippen molar-refractivity contribution in [1.82, 2.24) is 14.1 Å². The zero-order chi connectivity index (χ0) is 25.0. The molecule has 1 amide bonds. The normalized spacial score (nSPS) is 11.4. The number of hydrogen-bond acceptors (Lipinski definition) is 4. The van der Waals surface area contributed by atoms with Crippen molar-refractivity contribution in [2.45, 2.75) is 11.3 Å². The van der Waals surface area contributed by atoms with Crippen molar-refractivity contribution in [2.75, 3.05) is 11.9 Å². The Hall–Kier alpha value is -4.27. The average molecular weight is 497 g/mol. The molecule has 0 aliphatic rings. The van der Waals surface area contributed by atoms with Crippen LogP contribution in [0.25, 0.3) is 16.9 Å². The number of amides is 1. The molecule has 0 atom stereocenters. The Morgan fingerprint density at radius 2 is 1.56 bits per heavy atom. The van der Waals surface area contributed by atoms with Gasteiger partial charge in [-0.2, -0.15) is 0 Å². The number of carbonyl (C=O) groups is 1. The molecule has 0 fully saturated rings. The van der Waals surface area contributed by atoms with Gasteiger partial charge in [0.2, 0.25) is 10.0 Å². The first-order chi connectivity index (χ1) is 17.5. The van der Waals surface area contributed by atoms with E-state index in [1.807, 2.05) is 71.3 Å². The van der Waals surface area contributed by atoms with Gasteiger partial charge in [0.15, 0.2) is 0 Å². The maximum atomic E-state index is 12.8. The summed E-state index contributed by atoms with van der Waals surface area (Å²) < 4.78 is 29.7. The fourth-order valence-electron chi connectivity index (χ4n) is 3.85. The van der Waals surface area contributed by atoms with Gasteiger partial charge in [0.05, 0.1) is 10.6 Å². The predicted octanol–water partition coefficient (Wildman–Crippen LogP) is 4.77. The van der Waals surface area contributed by atoms with Gasteiger partial charge in [0, 0.05) is 35.8 Å². The Bertz CT molecular complexity index is 1600. The summed E-state index contributed by atoms with van der Waals surface area (Å²) in [5, 5.41) is 2.81. The molecule has 0 aliphatic carbocycles. The maximum absolute atomic E-state index is 12.8. The first-order valence-corrected chi connectivity index (χ1v) is 13.0. The van der Waals surface area contributed by atoms with Crippen LogP contribution in [0.2, 0.25) is 0 Å². The third-order valence-electron chi connectivity index (χ3n) is 5.76. The van der Waals surface area contributed by atoms with Crippen LogP contribution >= 0.6 is 0 Å². The molecule has 5 aromatic rings. The van der Waals surface area contributed by atoms with Crippen molar-refractivity contribution in [1.29, 1.82) is 0 Å². The quantitative estimate of drug-likeness (QED) is 0.324. The number of anilines is 1. The van der Waals surface area contributed by atoms with Gasteiger partial charge in [-0.1, -0.05) is 60.7 Å². The van der Waals surface area contributed by atoms with E-state index in [-0.39, 0.29) is 10.8 Å². The summed E-state index contributed by atoms with van der Waals surface area (Å²) in [6.45, 7) is 0.299. The van der Waals surface area contributed by atoms with E-state index in [1.165, 1.54) is 12.1 Å². The molecule has 7 nitrogen and oxygen atoms in total. The van der Waals surface area contributed by atoms with E-state index in [0.29, 0.717) is 29.9 Å². The van der Waals surface area contributed by atoms with Crippen molar-refractivity contribution in [3.05, 3.63) is 121 Å². The van der Waals surface area contributed by atoms with Crippen LogP contribution in [-0.4, -0.2) is 30.3 Å². The van der Waals surface area contributed by atoms with Crippen molar-refractivity contribution >= 4 is 27.3 Å². The van der Waals surface area contributed by atoms with Gasteiger partial charge < -0.3 is 9.72 Å². The second-order valence-corrected chi connectivity index (χ2v) is 10.1. The molecule has 2 N–H and O–H groups in total. The monoisotopic (exact) mass is 496 g/mol. The highest BCUT2D eigenvalue weighted by Crippen LogP contribution is 2.20. The van der Waals surface area contributed by atoms with Crippen LogP contribution in [0.1, 0.15) is 15.9 Å². The van der Waals surface area contributed by atoms with E-state index in [2.05, 4.69) is 15.0 Å². The zero-order valence-electron chi connectivity index (χ0n) is 19.3. The van der Waals surface area contributed by atoms with E-state index >= 15 is 0 Å². The first-order valence-electron chi connectivity index (χ1n) is 11.5. The third kappa shape index (κ3) is 5.35. The number of sulfonamides is 1. The minimum atomic E-state index is -3.65. The number of benzene rings is 3. The highest BCUT2D eigenvalue weighted by Gasteiger charge is 2.14. The van der Waals surface area contributed by atoms with Crippen LogP contribution in [0.3, 0.4) is 0 Å². The zero-order valence-corrected chi connectivity index (χ0v) is 20.2. The molecule has 0 saturated carbocycles. The van der Waals surface area contributed by atoms with Crippen LogP contribution in [0, 0.1) is 0 Å². The molecular formula is C28H24N4O3S. The number of nitrogens with zero attached hydrogens (tertiary/aromatic N) is 2. The number of imidazole rings is 1. The second-order valence-electron chi connectivity index (χ2n) is 8.28. The summed E-state index contributed by atoms with van der Waals surface area (Å²) in [6, 6.07) is 29.0. The van der Waals surface area contributed by atoms with Crippen molar-refractivity contribution in [2.24, 2.45) is 0 Å². The molecule has 36 heavy (non-hydrogen) atoms. The van der Waals surface area contributed by atoms with Crippen molar-refractivity contribution in [3.8, 4) is 11.3 Å². The van der Waals surface area contributed by atoms with Gasteiger partial charge in [-0.05, 0) is 48.4 Å². The molecular weight excluding hydrogens is 472 g/mol. The summed E-state index contributed by atoms with van der Waals surface area (Å²) in [6.07, 6.45) is 4.31. The van der Waals surface area contributed by atoms with E-state index in [4.69, 9.17) is 0 Å². The van der Waals surface area contributed by atoms with Crippen molar-refractivity contribution in [3.63, 3.8) is 0 Å².